The zero-order valence-corrected chi connectivity index (χ0v) is 7.67. The highest BCUT2D eigenvalue weighted by Crippen LogP contribution is 2.22. The van der Waals surface area contributed by atoms with E-state index in [0.29, 0.717) is 17.0 Å². The highest BCUT2D eigenvalue weighted by Gasteiger charge is 2.03. The predicted octanol–water partition coefficient (Wildman–Crippen LogP) is 1.61. The molecule has 4 heteroatoms. The van der Waals surface area contributed by atoms with Crippen LogP contribution in [0, 0.1) is 0 Å². The van der Waals surface area contributed by atoms with Crippen LogP contribution in [-0.4, -0.2) is 25.4 Å². The first-order chi connectivity index (χ1) is 5.65. The van der Waals surface area contributed by atoms with Crippen molar-refractivity contribution in [3.63, 3.8) is 0 Å². The number of hydrogen-bond acceptors (Lipinski definition) is 3. The standard InChI is InChI=1S/C8H9ClN2O/c1-11(2)8-3-6(5-12)10-4-7(8)9/h3-5H,1-2H3. The van der Waals surface area contributed by atoms with Gasteiger partial charge in [-0.2, -0.15) is 0 Å². The second-order valence-electron chi connectivity index (χ2n) is 2.57. The summed E-state index contributed by atoms with van der Waals surface area (Å²) >= 11 is 5.83. The van der Waals surface area contributed by atoms with E-state index in [-0.39, 0.29) is 0 Å². The van der Waals surface area contributed by atoms with Gasteiger partial charge >= 0.3 is 0 Å². The summed E-state index contributed by atoms with van der Waals surface area (Å²) in [6.07, 6.45) is 2.17. The average Bonchev–Trinajstić information content (AvgIpc) is 2.05. The zero-order valence-electron chi connectivity index (χ0n) is 6.91. The number of hydrogen-bond donors (Lipinski definition) is 0. The Morgan fingerprint density at radius 2 is 2.25 bits per heavy atom. The molecular formula is C8H9ClN2O. The maximum Gasteiger partial charge on any atom is 0.168 e. The molecule has 0 amide bonds. The molecule has 3 nitrogen and oxygen atoms in total. The molecular weight excluding hydrogens is 176 g/mol. The second kappa shape index (κ2) is 3.54. The fourth-order valence-corrected chi connectivity index (χ4v) is 1.12. The number of carbonyl (C=O) groups excluding carboxylic acids is 1. The van der Waals surface area contributed by atoms with Gasteiger partial charge < -0.3 is 4.90 Å². The van der Waals surface area contributed by atoms with Crippen LogP contribution >= 0.6 is 11.6 Å². The monoisotopic (exact) mass is 184 g/mol. The lowest BCUT2D eigenvalue weighted by molar-refractivity contribution is 0.111. The number of aromatic nitrogens is 1. The smallest absolute Gasteiger partial charge is 0.168 e. The van der Waals surface area contributed by atoms with Crippen molar-refractivity contribution in [2.24, 2.45) is 0 Å². The van der Waals surface area contributed by atoms with Crippen LogP contribution in [0.2, 0.25) is 5.02 Å². The molecule has 0 unspecified atom stereocenters. The number of anilines is 1. The van der Waals surface area contributed by atoms with Gasteiger partial charge in [-0.25, -0.2) is 0 Å². The van der Waals surface area contributed by atoms with Crippen molar-refractivity contribution in [1.82, 2.24) is 4.98 Å². The molecule has 0 saturated heterocycles. The molecule has 0 aliphatic heterocycles. The van der Waals surface area contributed by atoms with Gasteiger partial charge in [-0.1, -0.05) is 11.6 Å². The minimum absolute atomic E-state index is 0.392. The number of halogens is 1. The summed E-state index contributed by atoms with van der Waals surface area (Å²) in [7, 11) is 3.71. The van der Waals surface area contributed by atoms with Crippen LogP contribution in [0.3, 0.4) is 0 Å². The molecule has 0 aromatic carbocycles. The van der Waals surface area contributed by atoms with E-state index in [9.17, 15) is 4.79 Å². The first-order valence-electron chi connectivity index (χ1n) is 3.43. The highest BCUT2D eigenvalue weighted by atomic mass is 35.5. The summed E-state index contributed by atoms with van der Waals surface area (Å²) in [4.78, 5) is 16.0. The first-order valence-corrected chi connectivity index (χ1v) is 3.81. The van der Waals surface area contributed by atoms with E-state index in [1.54, 1.807) is 6.07 Å². The summed E-state index contributed by atoms with van der Waals surface area (Å²) in [6.45, 7) is 0. The van der Waals surface area contributed by atoms with Crippen molar-refractivity contribution >= 4 is 23.6 Å². The van der Waals surface area contributed by atoms with E-state index in [1.165, 1.54) is 6.20 Å². The van der Waals surface area contributed by atoms with Crippen LogP contribution in [0.4, 0.5) is 5.69 Å². The summed E-state index contributed by atoms with van der Waals surface area (Å²) in [5, 5.41) is 0.547. The van der Waals surface area contributed by atoms with Crippen LogP contribution < -0.4 is 4.90 Å². The van der Waals surface area contributed by atoms with Crippen molar-refractivity contribution in [3.8, 4) is 0 Å². The van der Waals surface area contributed by atoms with E-state index in [2.05, 4.69) is 4.98 Å². The fraction of sp³-hybridized carbons (Fsp3) is 0.250. The molecule has 1 aromatic heterocycles. The molecule has 12 heavy (non-hydrogen) atoms. The predicted molar refractivity (Wildman–Crippen MR) is 49.0 cm³/mol. The molecule has 0 saturated carbocycles. The molecule has 1 aromatic rings. The molecule has 0 aliphatic carbocycles. The lowest BCUT2D eigenvalue weighted by Crippen LogP contribution is -2.10. The molecule has 0 aliphatic rings. The third-order valence-electron chi connectivity index (χ3n) is 1.46. The molecule has 0 fully saturated rings. The maximum absolute atomic E-state index is 10.4. The number of aldehydes is 1. The Morgan fingerprint density at radius 3 is 2.75 bits per heavy atom. The Labute approximate surface area is 76.0 Å². The molecule has 0 atom stereocenters. The van der Waals surface area contributed by atoms with Gasteiger partial charge in [-0.3, -0.25) is 9.78 Å². The van der Waals surface area contributed by atoms with Crippen molar-refractivity contribution < 1.29 is 4.79 Å². The minimum Gasteiger partial charge on any atom is -0.376 e. The Morgan fingerprint density at radius 1 is 1.58 bits per heavy atom. The van der Waals surface area contributed by atoms with Gasteiger partial charge in [-0.05, 0) is 6.07 Å². The third kappa shape index (κ3) is 1.74. The molecule has 0 radical (unpaired) electrons. The fourth-order valence-electron chi connectivity index (χ4n) is 0.851. The molecule has 64 valence electrons. The number of carbonyl (C=O) groups is 1. The van der Waals surface area contributed by atoms with Gasteiger partial charge in [0.2, 0.25) is 0 Å². The summed E-state index contributed by atoms with van der Waals surface area (Å²) in [5.41, 5.74) is 1.19. The van der Waals surface area contributed by atoms with Crippen LogP contribution in [-0.2, 0) is 0 Å². The average molecular weight is 185 g/mol. The third-order valence-corrected chi connectivity index (χ3v) is 1.75. The molecule has 0 N–H and O–H groups in total. The topological polar surface area (TPSA) is 33.2 Å². The van der Waals surface area contributed by atoms with Crippen molar-refractivity contribution in [2.75, 3.05) is 19.0 Å². The lowest BCUT2D eigenvalue weighted by Gasteiger charge is -2.13. The van der Waals surface area contributed by atoms with Gasteiger partial charge in [-0.15, -0.1) is 0 Å². The molecule has 0 bridgehead atoms. The quantitative estimate of drug-likeness (QED) is 0.655. The second-order valence-corrected chi connectivity index (χ2v) is 2.98. The number of rotatable bonds is 2. The normalized spacial score (nSPS) is 9.58. The van der Waals surface area contributed by atoms with E-state index in [4.69, 9.17) is 11.6 Å². The Kier molecular flexibility index (Phi) is 2.65. The van der Waals surface area contributed by atoms with Crippen LogP contribution in [0.15, 0.2) is 12.3 Å². The zero-order chi connectivity index (χ0) is 9.14. The van der Waals surface area contributed by atoms with E-state index in [0.717, 1.165) is 5.69 Å². The van der Waals surface area contributed by atoms with E-state index in [1.807, 2.05) is 19.0 Å². The van der Waals surface area contributed by atoms with Crippen molar-refractivity contribution in [3.05, 3.63) is 23.0 Å². The summed E-state index contributed by atoms with van der Waals surface area (Å²) in [5.74, 6) is 0. The molecule has 1 rings (SSSR count). The van der Waals surface area contributed by atoms with Crippen LogP contribution in [0.25, 0.3) is 0 Å². The first kappa shape index (κ1) is 9.00. The Bertz CT molecular complexity index is 299. The van der Waals surface area contributed by atoms with Crippen molar-refractivity contribution in [1.29, 1.82) is 0 Å². The minimum atomic E-state index is 0.392. The van der Waals surface area contributed by atoms with E-state index < -0.39 is 0 Å². The highest BCUT2D eigenvalue weighted by molar-refractivity contribution is 6.33. The number of nitrogens with zero attached hydrogens (tertiary/aromatic N) is 2. The lowest BCUT2D eigenvalue weighted by atomic mass is 10.3. The van der Waals surface area contributed by atoms with Crippen LogP contribution in [0.5, 0.6) is 0 Å². The van der Waals surface area contributed by atoms with Crippen LogP contribution in [0.1, 0.15) is 10.5 Å². The maximum atomic E-state index is 10.4. The van der Waals surface area contributed by atoms with Gasteiger partial charge in [0.15, 0.2) is 6.29 Å². The molecule has 1 heterocycles. The van der Waals surface area contributed by atoms with Gasteiger partial charge in [0.25, 0.3) is 0 Å². The summed E-state index contributed by atoms with van der Waals surface area (Å²) in [6, 6.07) is 1.65. The Balaban J connectivity index is 3.16. The van der Waals surface area contributed by atoms with Gasteiger partial charge in [0, 0.05) is 20.3 Å². The Hall–Kier alpha value is -1.09. The SMILES string of the molecule is CN(C)c1cc(C=O)ncc1Cl. The van der Waals surface area contributed by atoms with Crippen molar-refractivity contribution in [2.45, 2.75) is 0 Å². The molecule has 0 spiro atoms. The summed E-state index contributed by atoms with van der Waals surface area (Å²) < 4.78 is 0. The van der Waals surface area contributed by atoms with E-state index >= 15 is 0 Å². The van der Waals surface area contributed by atoms with Gasteiger partial charge in [0.1, 0.15) is 5.69 Å². The number of pyridine rings is 1. The van der Waals surface area contributed by atoms with Gasteiger partial charge in [0.05, 0.1) is 10.7 Å². The largest absolute Gasteiger partial charge is 0.376 e.